The van der Waals surface area contributed by atoms with E-state index < -0.39 is 0 Å². The summed E-state index contributed by atoms with van der Waals surface area (Å²) >= 11 is 1.34. The van der Waals surface area contributed by atoms with E-state index in [1.807, 2.05) is 19.9 Å². The molecular weight excluding hydrogens is 338 g/mol. The number of amides is 1. The van der Waals surface area contributed by atoms with Crippen molar-refractivity contribution in [3.63, 3.8) is 0 Å². The van der Waals surface area contributed by atoms with Crippen molar-refractivity contribution in [2.45, 2.75) is 19.9 Å². The Hall–Kier alpha value is -3.07. The first kappa shape index (κ1) is 16.8. The predicted molar refractivity (Wildman–Crippen MR) is 100 cm³/mol. The van der Waals surface area contributed by atoms with Crippen LogP contribution in [0.3, 0.4) is 0 Å². The Morgan fingerprint density at radius 2 is 2.16 bits per heavy atom. The number of carbonyl (C=O) groups is 1. The van der Waals surface area contributed by atoms with Gasteiger partial charge in [0.25, 0.3) is 0 Å². The first-order chi connectivity index (χ1) is 12.0. The smallest absolute Gasteiger partial charge is 0.213 e. The third-order valence-corrected chi connectivity index (χ3v) is 4.36. The number of rotatable bonds is 6. The molecule has 128 valence electrons. The molecule has 0 atom stereocenters. The summed E-state index contributed by atoms with van der Waals surface area (Å²) in [6.45, 7) is 3.97. The molecule has 0 aliphatic heterocycles. The zero-order chi connectivity index (χ0) is 18.0. The highest BCUT2D eigenvalue weighted by Gasteiger charge is 2.17. The molecule has 1 amide bonds. The number of aromatic nitrogens is 3. The van der Waals surface area contributed by atoms with Gasteiger partial charge in [-0.05, 0) is 26.0 Å². The van der Waals surface area contributed by atoms with Crippen LogP contribution in [0.1, 0.15) is 25.0 Å². The lowest BCUT2D eigenvalue weighted by atomic mass is 10.0. The maximum absolute atomic E-state index is 10.6. The van der Waals surface area contributed by atoms with Crippen LogP contribution in [-0.4, -0.2) is 33.1 Å². The van der Waals surface area contributed by atoms with Gasteiger partial charge in [-0.1, -0.05) is 17.4 Å². The van der Waals surface area contributed by atoms with Crippen molar-refractivity contribution in [1.82, 2.24) is 15.0 Å². The van der Waals surface area contributed by atoms with Gasteiger partial charge in [0.1, 0.15) is 18.0 Å². The lowest BCUT2D eigenvalue weighted by Gasteiger charge is -2.15. The van der Waals surface area contributed by atoms with Crippen LogP contribution in [0, 0.1) is 5.41 Å². The van der Waals surface area contributed by atoms with Gasteiger partial charge in [-0.15, -0.1) is 0 Å². The van der Waals surface area contributed by atoms with Gasteiger partial charge in [-0.2, -0.15) is 0 Å². The fraction of sp³-hybridized carbons (Fsp3) is 0.188. The Bertz CT molecular complexity index is 951. The topological polar surface area (TPSA) is 130 Å². The van der Waals surface area contributed by atoms with Crippen LogP contribution in [0.5, 0.6) is 0 Å². The minimum atomic E-state index is 0.141. The summed E-state index contributed by atoms with van der Waals surface area (Å²) in [6, 6.07) is 5.58. The highest BCUT2D eigenvalue weighted by molar-refractivity contribution is 7.22. The van der Waals surface area contributed by atoms with E-state index in [-0.39, 0.29) is 17.6 Å². The predicted octanol–water partition coefficient (Wildman–Crippen LogP) is 2.47. The Balaban J connectivity index is 2.03. The van der Waals surface area contributed by atoms with E-state index in [0.29, 0.717) is 28.5 Å². The van der Waals surface area contributed by atoms with E-state index in [1.165, 1.54) is 17.7 Å². The molecule has 25 heavy (non-hydrogen) atoms. The number of hydrogen-bond acceptors (Lipinski definition) is 8. The highest BCUT2D eigenvalue weighted by Crippen LogP contribution is 2.29. The summed E-state index contributed by atoms with van der Waals surface area (Å²) in [5.74, 6) is 0.774. The van der Waals surface area contributed by atoms with Crippen molar-refractivity contribution < 1.29 is 4.79 Å². The van der Waals surface area contributed by atoms with Gasteiger partial charge in [-0.25, -0.2) is 15.0 Å². The van der Waals surface area contributed by atoms with Crippen molar-refractivity contribution in [2.24, 2.45) is 0 Å². The van der Waals surface area contributed by atoms with Gasteiger partial charge in [0, 0.05) is 11.6 Å². The molecule has 0 saturated carbocycles. The fourth-order valence-corrected chi connectivity index (χ4v) is 3.23. The molecule has 3 rings (SSSR count). The number of nitrogen functional groups attached to an aromatic ring is 1. The van der Waals surface area contributed by atoms with Crippen molar-refractivity contribution >= 4 is 50.4 Å². The summed E-state index contributed by atoms with van der Waals surface area (Å²) in [6.07, 6.45) is 1.97. The van der Waals surface area contributed by atoms with E-state index in [4.69, 9.17) is 11.1 Å². The van der Waals surface area contributed by atoms with Gasteiger partial charge >= 0.3 is 0 Å². The molecule has 1 aromatic carbocycles. The number of hydrogen-bond donors (Lipinski definition) is 4. The van der Waals surface area contributed by atoms with Crippen LogP contribution in [0.2, 0.25) is 0 Å². The normalized spacial score (nSPS) is 10.8. The summed E-state index contributed by atoms with van der Waals surface area (Å²) in [4.78, 5) is 23.1. The van der Waals surface area contributed by atoms with Crippen LogP contribution in [0.25, 0.3) is 10.2 Å². The van der Waals surface area contributed by atoms with Crippen LogP contribution in [-0.2, 0) is 4.79 Å². The van der Waals surface area contributed by atoms with E-state index in [1.54, 1.807) is 12.1 Å². The molecule has 5 N–H and O–H groups in total. The van der Waals surface area contributed by atoms with Gasteiger partial charge in [0.05, 0.1) is 21.5 Å². The van der Waals surface area contributed by atoms with Gasteiger partial charge in [0.15, 0.2) is 5.13 Å². The average Bonchev–Trinajstić information content (AvgIpc) is 2.95. The summed E-state index contributed by atoms with van der Waals surface area (Å²) in [5, 5.41) is 14.8. The molecule has 0 unspecified atom stereocenters. The van der Waals surface area contributed by atoms with Crippen molar-refractivity contribution in [3.8, 4) is 0 Å². The number of fused-ring (bicyclic) bond motifs is 1. The van der Waals surface area contributed by atoms with E-state index >= 15 is 0 Å². The summed E-state index contributed by atoms with van der Waals surface area (Å²) < 4.78 is 0.861. The number of nitrogens with two attached hydrogens (primary N) is 1. The quantitative estimate of drug-likeness (QED) is 0.397. The van der Waals surface area contributed by atoms with Crippen molar-refractivity contribution in [1.29, 1.82) is 5.41 Å². The highest BCUT2D eigenvalue weighted by atomic mass is 32.1. The largest absolute Gasteiger partial charge is 0.383 e. The molecule has 2 heterocycles. The molecule has 0 spiro atoms. The van der Waals surface area contributed by atoms with E-state index in [2.05, 4.69) is 25.6 Å². The molecule has 3 aromatic rings. The maximum atomic E-state index is 10.6. The second-order valence-electron chi connectivity index (χ2n) is 5.62. The summed E-state index contributed by atoms with van der Waals surface area (Å²) in [5.41, 5.74) is 8.11. The number of nitrogens with zero attached hydrogens (tertiary/aromatic N) is 3. The Morgan fingerprint density at radius 3 is 2.88 bits per heavy atom. The number of nitrogens with one attached hydrogen (secondary N) is 3. The van der Waals surface area contributed by atoms with Crippen LogP contribution < -0.4 is 16.4 Å². The standard InChI is InChI=1S/C16H17N7OS/c1-8(2)22-15-12(14(18)19-6-20-15)13(17)9-3-4-10-11(5-9)25-16(23-10)21-7-24/h3-8,17H,1-2H3,(H,21,23,24)(H3,18,19,20,22). The number of carbonyl (C=O) groups excluding carboxylic acids is 1. The second-order valence-corrected chi connectivity index (χ2v) is 6.65. The maximum Gasteiger partial charge on any atom is 0.213 e. The molecule has 0 bridgehead atoms. The van der Waals surface area contributed by atoms with Crippen molar-refractivity contribution in [3.05, 3.63) is 35.7 Å². The SMILES string of the molecule is CC(C)Nc1ncnc(N)c1C(=N)c1ccc2nc(NC=O)sc2c1. The average molecular weight is 355 g/mol. The molecule has 8 nitrogen and oxygen atoms in total. The number of benzene rings is 1. The van der Waals surface area contributed by atoms with E-state index in [0.717, 1.165) is 10.2 Å². The second kappa shape index (κ2) is 6.81. The Kier molecular flexibility index (Phi) is 4.57. The monoisotopic (exact) mass is 355 g/mol. The first-order valence-electron chi connectivity index (χ1n) is 7.56. The van der Waals surface area contributed by atoms with Crippen LogP contribution >= 0.6 is 11.3 Å². The van der Waals surface area contributed by atoms with Gasteiger partial charge < -0.3 is 16.4 Å². The summed E-state index contributed by atoms with van der Waals surface area (Å²) in [7, 11) is 0. The third-order valence-electron chi connectivity index (χ3n) is 3.41. The van der Waals surface area contributed by atoms with Crippen LogP contribution in [0.15, 0.2) is 24.5 Å². The zero-order valence-electron chi connectivity index (χ0n) is 13.7. The third kappa shape index (κ3) is 3.41. The number of anilines is 3. The fourth-order valence-electron chi connectivity index (χ4n) is 2.37. The lowest BCUT2D eigenvalue weighted by Crippen LogP contribution is -2.17. The molecule has 9 heteroatoms. The molecular formula is C16H17N7OS. The minimum Gasteiger partial charge on any atom is -0.383 e. The zero-order valence-corrected chi connectivity index (χ0v) is 14.5. The Labute approximate surface area is 148 Å². The molecule has 0 saturated heterocycles. The molecule has 0 radical (unpaired) electrons. The van der Waals surface area contributed by atoms with Crippen LogP contribution in [0.4, 0.5) is 16.8 Å². The molecule has 0 aliphatic rings. The lowest BCUT2D eigenvalue weighted by molar-refractivity contribution is -0.105. The van der Waals surface area contributed by atoms with Crippen molar-refractivity contribution in [2.75, 3.05) is 16.4 Å². The molecule has 0 fully saturated rings. The minimum absolute atomic E-state index is 0.141. The van der Waals surface area contributed by atoms with E-state index in [9.17, 15) is 4.79 Å². The number of thiazole rings is 1. The molecule has 0 aliphatic carbocycles. The molecule has 2 aromatic heterocycles. The van der Waals surface area contributed by atoms with Gasteiger partial charge in [-0.3, -0.25) is 10.2 Å². The first-order valence-corrected chi connectivity index (χ1v) is 8.38. The Morgan fingerprint density at radius 1 is 1.36 bits per heavy atom. The van der Waals surface area contributed by atoms with Gasteiger partial charge in [0.2, 0.25) is 6.41 Å².